The van der Waals surface area contributed by atoms with Crippen LogP contribution in [-0.2, 0) is 6.18 Å². The summed E-state index contributed by atoms with van der Waals surface area (Å²) in [6.45, 7) is 4.37. The lowest BCUT2D eigenvalue weighted by molar-refractivity contribution is -0.137. The van der Waals surface area contributed by atoms with Crippen LogP contribution in [0.25, 0.3) is 0 Å². The summed E-state index contributed by atoms with van der Waals surface area (Å²) < 4.78 is 51.3. The molecule has 0 spiro atoms. The number of fused-ring (bicyclic) bond motifs is 1. The number of ether oxygens (including phenoxy) is 2. The van der Waals surface area contributed by atoms with Gasteiger partial charge in [-0.05, 0) is 45.0 Å². The number of nitrogens with one attached hydrogen (secondary N) is 1. The lowest BCUT2D eigenvalue weighted by Crippen LogP contribution is -2.35. The van der Waals surface area contributed by atoms with Crippen molar-refractivity contribution in [1.29, 1.82) is 0 Å². The number of aliphatic hydroxyl groups excluding tert-OH is 1. The van der Waals surface area contributed by atoms with Crippen LogP contribution in [0.1, 0.15) is 42.9 Å². The second-order valence-electron chi connectivity index (χ2n) is 7.96. The molecule has 1 aliphatic rings. The molecule has 0 fully saturated rings. The van der Waals surface area contributed by atoms with Crippen molar-refractivity contribution in [2.45, 2.75) is 44.1 Å². The molecule has 1 heterocycles. The molecular weight excluding hydrogens is 383 g/mol. The summed E-state index contributed by atoms with van der Waals surface area (Å²) in [5, 5.41) is 12.7. The molecule has 2 N–H and O–H groups in total. The number of alkyl halides is 3. The van der Waals surface area contributed by atoms with Crippen LogP contribution in [0.2, 0.25) is 0 Å². The topological polar surface area (TPSA) is 50.7 Å². The van der Waals surface area contributed by atoms with Crippen LogP contribution >= 0.6 is 0 Å². The zero-order chi connectivity index (χ0) is 21.2. The first-order chi connectivity index (χ1) is 13.6. The van der Waals surface area contributed by atoms with E-state index in [4.69, 9.17) is 9.47 Å². The minimum atomic E-state index is -4.38. The molecule has 2 aromatic rings. The zero-order valence-corrected chi connectivity index (χ0v) is 16.7. The van der Waals surface area contributed by atoms with E-state index in [1.807, 2.05) is 19.9 Å². The smallest absolute Gasteiger partial charge is 0.416 e. The number of hydrogen-bond acceptors (Lipinski definition) is 4. The quantitative estimate of drug-likeness (QED) is 0.745. The number of rotatable bonds is 6. The third-order valence-corrected chi connectivity index (χ3v) is 4.94. The Bertz CT molecular complexity index is 851. The predicted octanol–water partition coefficient (Wildman–Crippen LogP) is 4.36. The van der Waals surface area contributed by atoms with Crippen LogP contribution in [0.5, 0.6) is 11.5 Å². The van der Waals surface area contributed by atoms with Gasteiger partial charge in [0.1, 0.15) is 29.8 Å². The molecule has 4 nitrogen and oxygen atoms in total. The number of aliphatic hydroxyl groups is 1. The molecule has 0 aliphatic carbocycles. The predicted molar refractivity (Wildman–Crippen MR) is 104 cm³/mol. The van der Waals surface area contributed by atoms with Gasteiger partial charge in [-0.15, -0.1) is 0 Å². The van der Waals surface area contributed by atoms with Crippen LogP contribution in [0.4, 0.5) is 13.2 Å². The summed E-state index contributed by atoms with van der Waals surface area (Å²) in [6.07, 6.45) is -4.47. The fraction of sp³-hybridized carbons (Fsp3) is 0.455. The van der Waals surface area contributed by atoms with Crippen molar-refractivity contribution in [3.05, 3.63) is 59.2 Å². The number of benzene rings is 2. The fourth-order valence-corrected chi connectivity index (χ4v) is 3.64. The molecule has 0 radical (unpaired) electrons. The van der Waals surface area contributed by atoms with Crippen LogP contribution in [0.15, 0.2) is 42.5 Å². The van der Waals surface area contributed by atoms with Gasteiger partial charge < -0.3 is 19.9 Å². The second kappa shape index (κ2) is 8.24. The first kappa shape index (κ1) is 21.5. The summed E-state index contributed by atoms with van der Waals surface area (Å²) in [5.74, 6) is 0.906. The first-order valence-corrected chi connectivity index (χ1v) is 9.54. The van der Waals surface area contributed by atoms with E-state index in [0.717, 1.165) is 11.6 Å². The molecule has 7 heteroatoms. The first-order valence-electron chi connectivity index (χ1n) is 9.54. The number of likely N-dealkylation sites (N-methyl/N-ethyl adjacent to an activating group) is 1. The van der Waals surface area contributed by atoms with Gasteiger partial charge >= 0.3 is 6.18 Å². The maximum Gasteiger partial charge on any atom is 0.416 e. The molecule has 29 heavy (non-hydrogen) atoms. The van der Waals surface area contributed by atoms with E-state index in [1.54, 1.807) is 25.2 Å². The van der Waals surface area contributed by atoms with Gasteiger partial charge in [0.15, 0.2) is 0 Å². The van der Waals surface area contributed by atoms with Gasteiger partial charge in [0.2, 0.25) is 0 Å². The highest BCUT2D eigenvalue weighted by molar-refractivity contribution is 5.49. The summed E-state index contributed by atoms with van der Waals surface area (Å²) >= 11 is 0. The largest absolute Gasteiger partial charge is 0.491 e. The average Bonchev–Trinajstić information content (AvgIpc) is 2.64. The molecule has 0 bridgehead atoms. The van der Waals surface area contributed by atoms with Gasteiger partial charge in [-0.1, -0.05) is 24.3 Å². The van der Waals surface area contributed by atoms with Crippen molar-refractivity contribution in [2.75, 3.05) is 20.2 Å². The Hall–Kier alpha value is -2.25. The van der Waals surface area contributed by atoms with Crippen molar-refractivity contribution in [3.8, 4) is 11.5 Å². The van der Waals surface area contributed by atoms with Crippen LogP contribution in [-0.4, -0.2) is 37.0 Å². The molecule has 2 unspecified atom stereocenters. The Morgan fingerprint density at radius 3 is 2.69 bits per heavy atom. The Labute approximate surface area is 168 Å². The minimum absolute atomic E-state index is 0.125. The molecule has 0 aromatic heterocycles. The SMILES string of the molecule is CNCC(O)COc1ccc2c(c1)OC(C)(C)CC2c1cccc(C(F)(F)F)c1. The van der Waals surface area contributed by atoms with Gasteiger partial charge in [-0.3, -0.25) is 0 Å². The highest BCUT2D eigenvalue weighted by Gasteiger charge is 2.36. The van der Waals surface area contributed by atoms with Crippen molar-refractivity contribution < 1.29 is 27.8 Å². The van der Waals surface area contributed by atoms with Crippen molar-refractivity contribution in [1.82, 2.24) is 5.32 Å². The number of halogens is 3. The highest BCUT2D eigenvalue weighted by atomic mass is 19.4. The maximum atomic E-state index is 13.2. The van der Waals surface area contributed by atoms with Gasteiger partial charge in [0, 0.05) is 24.1 Å². The lowest BCUT2D eigenvalue weighted by Gasteiger charge is -2.38. The van der Waals surface area contributed by atoms with Crippen LogP contribution < -0.4 is 14.8 Å². The monoisotopic (exact) mass is 409 g/mol. The Morgan fingerprint density at radius 1 is 1.24 bits per heavy atom. The Morgan fingerprint density at radius 2 is 2.00 bits per heavy atom. The second-order valence-corrected chi connectivity index (χ2v) is 7.96. The van der Waals surface area contributed by atoms with Gasteiger partial charge in [0.25, 0.3) is 0 Å². The fourth-order valence-electron chi connectivity index (χ4n) is 3.64. The van der Waals surface area contributed by atoms with Gasteiger partial charge in [-0.2, -0.15) is 13.2 Å². The van der Waals surface area contributed by atoms with E-state index < -0.39 is 23.4 Å². The van der Waals surface area contributed by atoms with E-state index in [0.29, 0.717) is 30.0 Å². The van der Waals surface area contributed by atoms with Gasteiger partial charge in [0.05, 0.1) is 5.56 Å². The standard InChI is InChI=1S/C22H26F3NO3/c1-21(2)11-19(14-5-4-6-15(9-14)22(23,24)25)18-8-7-17(10-20(18)29-21)28-13-16(27)12-26-3/h4-10,16,19,26-27H,11-13H2,1-3H3. The summed E-state index contributed by atoms with van der Waals surface area (Å²) in [7, 11) is 1.74. The maximum absolute atomic E-state index is 13.2. The Balaban J connectivity index is 1.91. The molecule has 0 saturated heterocycles. The van der Waals surface area contributed by atoms with Crippen molar-refractivity contribution in [2.24, 2.45) is 0 Å². The molecule has 3 rings (SSSR count). The average molecular weight is 409 g/mol. The van der Waals surface area contributed by atoms with Crippen molar-refractivity contribution >= 4 is 0 Å². The van der Waals surface area contributed by atoms with E-state index in [9.17, 15) is 18.3 Å². The Kier molecular flexibility index (Phi) is 6.10. The van der Waals surface area contributed by atoms with E-state index in [-0.39, 0.29) is 12.5 Å². The summed E-state index contributed by atoms with van der Waals surface area (Å²) in [6, 6.07) is 10.8. The van der Waals surface area contributed by atoms with E-state index >= 15 is 0 Å². The number of hydrogen-bond donors (Lipinski definition) is 2. The van der Waals surface area contributed by atoms with Gasteiger partial charge in [-0.25, -0.2) is 0 Å². The van der Waals surface area contributed by atoms with E-state index in [1.165, 1.54) is 12.1 Å². The molecular formula is C22H26F3NO3. The van der Waals surface area contributed by atoms with Crippen molar-refractivity contribution in [3.63, 3.8) is 0 Å². The zero-order valence-electron chi connectivity index (χ0n) is 16.7. The molecule has 1 aliphatic heterocycles. The third-order valence-electron chi connectivity index (χ3n) is 4.94. The normalized spacial score (nSPS) is 19.2. The minimum Gasteiger partial charge on any atom is -0.491 e. The summed E-state index contributed by atoms with van der Waals surface area (Å²) in [4.78, 5) is 0. The molecule has 0 saturated carbocycles. The molecule has 158 valence electrons. The van der Waals surface area contributed by atoms with E-state index in [2.05, 4.69) is 5.32 Å². The van der Waals surface area contributed by atoms with Crippen LogP contribution in [0, 0.1) is 0 Å². The lowest BCUT2D eigenvalue weighted by atomic mass is 9.79. The molecule has 2 aromatic carbocycles. The third kappa shape index (κ3) is 5.22. The molecule has 2 atom stereocenters. The summed E-state index contributed by atoms with van der Waals surface area (Å²) in [5.41, 5.74) is 0.234. The van der Waals surface area contributed by atoms with Crippen LogP contribution in [0.3, 0.4) is 0 Å². The highest BCUT2D eigenvalue weighted by Crippen LogP contribution is 2.46. The molecule has 0 amide bonds.